The quantitative estimate of drug-likeness (QED) is 0.554. The number of allylic oxidation sites excluding steroid dienone is 1. The minimum Gasteiger partial charge on any atom is -0.366 e. The van der Waals surface area contributed by atoms with Gasteiger partial charge in [-0.05, 0) is 12.8 Å². The molecule has 2 nitrogen and oxygen atoms in total. The molecule has 0 aliphatic carbocycles. The lowest BCUT2D eigenvalue weighted by Crippen LogP contribution is -2.17. The monoisotopic (exact) mass is 127 g/mol. The topological polar surface area (TPSA) is 43.1 Å². The molecule has 0 heterocycles. The highest BCUT2D eigenvalue weighted by Crippen LogP contribution is 2.06. The fraction of sp³-hybridized carbons (Fsp3) is 0.571. The molecule has 2 N–H and O–H groups in total. The molecule has 0 saturated carbocycles. The van der Waals surface area contributed by atoms with Crippen LogP contribution in [0.2, 0.25) is 0 Å². The average Bonchev–Trinajstić information content (AvgIpc) is 1.64. The number of carbonyl (C=O) groups is 1. The van der Waals surface area contributed by atoms with Gasteiger partial charge in [0.1, 0.15) is 0 Å². The molecule has 0 atom stereocenters. The molecule has 0 aliphatic rings. The highest BCUT2D eigenvalue weighted by Gasteiger charge is 2.06. The van der Waals surface area contributed by atoms with Crippen molar-refractivity contribution in [2.75, 3.05) is 0 Å². The highest BCUT2D eigenvalue weighted by atomic mass is 16.1. The van der Waals surface area contributed by atoms with E-state index < -0.39 is 0 Å². The first-order chi connectivity index (χ1) is 4.09. The largest absolute Gasteiger partial charge is 0.366 e. The van der Waals surface area contributed by atoms with Crippen molar-refractivity contribution in [3.8, 4) is 0 Å². The van der Waals surface area contributed by atoms with E-state index in [0.717, 1.165) is 0 Å². The standard InChI is InChI=1S/C7H13NO/c1-4-6(5(2)3)7(8)9/h4-5H,1-3H3,(H2,8,9). The predicted octanol–water partition coefficient (Wildman–Crippen LogP) is 1.07. The minimum absolute atomic E-state index is 0.243. The van der Waals surface area contributed by atoms with Gasteiger partial charge in [-0.15, -0.1) is 0 Å². The molecular weight excluding hydrogens is 114 g/mol. The lowest BCUT2D eigenvalue weighted by Gasteiger charge is -2.03. The van der Waals surface area contributed by atoms with Crippen LogP contribution in [0.3, 0.4) is 0 Å². The first-order valence-electron chi connectivity index (χ1n) is 3.05. The Kier molecular flexibility index (Phi) is 2.99. The van der Waals surface area contributed by atoms with E-state index in [9.17, 15) is 4.79 Å². The van der Waals surface area contributed by atoms with Gasteiger partial charge in [-0.3, -0.25) is 4.79 Å². The summed E-state index contributed by atoms with van der Waals surface area (Å²) < 4.78 is 0. The Balaban J connectivity index is 4.19. The van der Waals surface area contributed by atoms with Crippen molar-refractivity contribution in [3.63, 3.8) is 0 Å². The first kappa shape index (κ1) is 8.21. The molecule has 0 aromatic heterocycles. The van der Waals surface area contributed by atoms with Crippen molar-refractivity contribution in [1.29, 1.82) is 0 Å². The normalized spacial score (nSPS) is 12.2. The molecule has 0 spiro atoms. The third-order valence-electron chi connectivity index (χ3n) is 1.22. The van der Waals surface area contributed by atoms with E-state index in [1.807, 2.05) is 20.8 Å². The van der Waals surface area contributed by atoms with Crippen molar-refractivity contribution in [1.82, 2.24) is 0 Å². The zero-order valence-corrected chi connectivity index (χ0v) is 6.14. The Hall–Kier alpha value is -0.790. The SMILES string of the molecule is CC=C(C(N)=O)C(C)C. The summed E-state index contributed by atoms with van der Waals surface area (Å²) in [5.74, 6) is -0.0694. The number of nitrogens with two attached hydrogens (primary N) is 1. The van der Waals surface area contributed by atoms with Gasteiger partial charge in [0.15, 0.2) is 0 Å². The highest BCUT2D eigenvalue weighted by molar-refractivity contribution is 5.92. The van der Waals surface area contributed by atoms with Crippen molar-refractivity contribution >= 4 is 5.91 Å². The molecular formula is C7H13NO. The Bertz CT molecular complexity index is 136. The lowest BCUT2D eigenvalue weighted by molar-refractivity contribution is -0.115. The number of amides is 1. The third kappa shape index (κ3) is 2.31. The molecule has 0 aromatic rings. The van der Waals surface area contributed by atoms with Crippen LogP contribution in [0.25, 0.3) is 0 Å². The summed E-state index contributed by atoms with van der Waals surface area (Å²) in [6.45, 7) is 5.71. The molecule has 9 heavy (non-hydrogen) atoms. The van der Waals surface area contributed by atoms with E-state index >= 15 is 0 Å². The van der Waals surface area contributed by atoms with E-state index in [0.29, 0.717) is 5.57 Å². The van der Waals surface area contributed by atoms with Crippen molar-refractivity contribution in [2.24, 2.45) is 11.7 Å². The van der Waals surface area contributed by atoms with Crippen molar-refractivity contribution in [2.45, 2.75) is 20.8 Å². The summed E-state index contributed by atoms with van der Waals surface area (Å²) >= 11 is 0. The molecule has 0 bridgehead atoms. The molecule has 0 aromatic carbocycles. The average molecular weight is 127 g/mol. The third-order valence-corrected chi connectivity index (χ3v) is 1.22. The van der Waals surface area contributed by atoms with E-state index in [2.05, 4.69) is 0 Å². The predicted molar refractivity (Wildman–Crippen MR) is 37.8 cm³/mol. The summed E-state index contributed by atoms with van der Waals surface area (Å²) in [6.07, 6.45) is 1.76. The van der Waals surface area contributed by atoms with Crippen LogP contribution in [0.4, 0.5) is 0 Å². The Morgan fingerprint density at radius 1 is 1.56 bits per heavy atom. The van der Waals surface area contributed by atoms with Crippen LogP contribution in [0.5, 0.6) is 0 Å². The summed E-state index contributed by atoms with van der Waals surface area (Å²) in [5.41, 5.74) is 5.74. The van der Waals surface area contributed by atoms with Crippen LogP contribution >= 0.6 is 0 Å². The zero-order chi connectivity index (χ0) is 7.44. The number of primary amides is 1. The van der Waals surface area contributed by atoms with E-state index in [1.54, 1.807) is 6.08 Å². The summed E-state index contributed by atoms with van der Waals surface area (Å²) in [6, 6.07) is 0. The summed E-state index contributed by atoms with van der Waals surface area (Å²) in [7, 11) is 0. The fourth-order valence-corrected chi connectivity index (χ4v) is 0.760. The Morgan fingerprint density at radius 2 is 2.00 bits per heavy atom. The van der Waals surface area contributed by atoms with Gasteiger partial charge in [-0.25, -0.2) is 0 Å². The van der Waals surface area contributed by atoms with Gasteiger partial charge in [0, 0.05) is 5.57 Å². The van der Waals surface area contributed by atoms with Gasteiger partial charge in [0.2, 0.25) is 5.91 Å². The Morgan fingerprint density at radius 3 is 2.00 bits per heavy atom. The second-order valence-electron chi connectivity index (χ2n) is 2.26. The van der Waals surface area contributed by atoms with Crippen molar-refractivity contribution in [3.05, 3.63) is 11.6 Å². The minimum atomic E-state index is -0.312. The van der Waals surface area contributed by atoms with Gasteiger partial charge in [0.25, 0.3) is 0 Å². The van der Waals surface area contributed by atoms with Crippen LogP contribution < -0.4 is 5.73 Å². The van der Waals surface area contributed by atoms with Gasteiger partial charge < -0.3 is 5.73 Å². The maximum absolute atomic E-state index is 10.5. The lowest BCUT2D eigenvalue weighted by atomic mass is 10.0. The van der Waals surface area contributed by atoms with Gasteiger partial charge >= 0.3 is 0 Å². The second-order valence-corrected chi connectivity index (χ2v) is 2.26. The number of carbonyl (C=O) groups excluding carboxylic acids is 1. The van der Waals surface area contributed by atoms with Gasteiger partial charge in [-0.1, -0.05) is 19.9 Å². The summed E-state index contributed by atoms with van der Waals surface area (Å²) in [4.78, 5) is 10.5. The van der Waals surface area contributed by atoms with E-state index in [-0.39, 0.29) is 11.8 Å². The zero-order valence-electron chi connectivity index (χ0n) is 6.14. The second kappa shape index (κ2) is 3.28. The fourth-order valence-electron chi connectivity index (χ4n) is 0.760. The van der Waals surface area contributed by atoms with Crippen LogP contribution in [-0.2, 0) is 4.79 Å². The van der Waals surface area contributed by atoms with Crippen LogP contribution in [-0.4, -0.2) is 5.91 Å². The molecule has 0 saturated heterocycles. The van der Waals surface area contributed by atoms with Crippen LogP contribution in [0.15, 0.2) is 11.6 Å². The summed E-state index contributed by atoms with van der Waals surface area (Å²) in [5, 5.41) is 0. The van der Waals surface area contributed by atoms with Crippen molar-refractivity contribution < 1.29 is 4.79 Å². The smallest absolute Gasteiger partial charge is 0.244 e. The van der Waals surface area contributed by atoms with E-state index in [4.69, 9.17) is 5.73 Å². The molecule has 2 heteroatoms. The van der Waals surface area contributed by atoms with Crippen LogP contribution in [0.1, 0.15) is 20.8 Å². The molecule has 52 valence electrons. The maximum Gasteiger partial charge on any atom is 0.244 e. The van der Waals surface area contributed by atoms with Gasteiger partial charge in [0.05, 0.1) is 0 Å². The molecule has 0 unspecified atom stereocenters. The molecule has 1 amide bonds. The molecule has 0 aliphatic heterocycles. The molecule has 0 rings (SSSR count). The first-order valence-corrected chi connectivity index (χ1v) is 3.05. The number of hydrogen-bond acceptors (Lipinski definition) is 1. The number of rotatable bonds is 2. The molecule has 0 radical (unpaired) electrons. The van der Waals surface area contributed by atoms with Crippen LogP contribution in [0, 0.1) is 5.92 Å². The Labute approximate surface area is 55.7 Å². The maximum atomic E-state index is 10.5. The number of hydrogen-bond donors (Lipinski definition) is 1. The van der Waals surface area contributed by atoms with Gasteiger partial charge in [-0.2, -0.15) is 0 Å². The molecule has 0 fully saturated rings. The van der Waals surface area contributed by atoms with E-state index in [1.165, 1.54) is 0 Å².